The van der Waals surface area contributed by atoms with Gasteiger partial charge in [0, 0.05) is 5.57 Å². The van der Waals surface area contributed by atoms with Crippen LogP contribution in [0.2, 0.25) is 0 Å². The Balaban J connectivity index is 0.00000136. The van der Waals surface area contributed by atoms with E-state index < -0.39 is 11.0 Å². The van der Waals surface area contributed by atoms with Crippen molar-refractivity contribution in [1.29, 1.82) is 0 Å². The number of ether oxygens (including phenoxy) is 1. The molecule has 1 aliphatic heterocycles. The molecule has 0 spiro atoms. The highest BCUT2D eigenvalue weighted by Gasteiger charge is 2.30. The summed E-state index contributed by atoms with van der Waals surface area (Å²) >= 11 is 1.54. The Kier molecular flexibility index (Phi) is 8.04. The van der Waals surface area contributed by atoms with E-state index in [1.54, 1.807) is 54.9 Å². The summed E-state index contributed by atoms with van der Waals surface area (Å²) in [5, 5.41) is 11.4. The summed E-state index contributed by atoms with van der Waals surface area (Å²) < 4.78 is 20.2. The number of thiophene rings is 1. The SMILES string of the molecule is C=CC1=C(/C(=C\C)NO)c2sccc2N(S(=O)c2ccc(OC)cc2)C1.CC. The number of fused-ring (bicyclic) bond motifs is 1. The largest absolute Gasteiger partial charge is 0.497 e. The third-order valence-electron chi connectivity index (χ3n) is 4.16. The molecule has 0 bridgehead atoms. The normalized spacial score (nSPS) is 14.6. The van der Waals surface area contributed by atoms with Gasteiger partial charge >= 0.3 is 0 Å². The van der Waals surface area contributed by atoms with Gasteiger partial charge in [0.1, 0.15) is 5.75 Å². The number of nitrogens with zero attached hydrogens (tertiary/aromatic N) is 1. The Bertz CT molecular complexity index is 899. The van der Waals surface area contributed by atoms with Gasteiger partial charge in [0.2, 0.25) is 0 Å². The van der Waals surface area contributed by atoms with Crippen molar-refractivity contribution in [2.24, 2.45) is 0 Å². The lowest BCUT2D eigenvalue weighted by Crippen LogP contribution is -2.32. The summed E-state index contributed by atoms with van der Waals surface area (Å²) in [5.74, 6) is 0.723. The molecule has 1 unspecified atom stereocenters. The molecule has 1 aromatic carbocycles. The maximum atomic E-state index is 13.2. The molecule has 150 valence electrons. The average molecular weight is 419 g/mol. The molecular formula is C21H26N2O3S2. The van der Waals surface area contributed by atoms with Crippen LogP contribution in [0.15, 0.2) is 70.6 Å². The fraction of sp³-hybridized carbons (Fsp3) is 0.238. The molecule has 2 aromatic rings. The van der Waals surface area contributed by atoms with E-state index in [0.717, 1.165) is 27.5 Å². The number of anilines is 1. The topological polar surface area (TPSA) is 61.8 Å². The van der Waals surface area contributed by atoms with Crippen molar-refractivity contribution in [3.05, 3.63) is 70.6 Å². The molecule has 0 saturated carbocycles. The van der Waals surface area contributed by atoms with Crippen LogP contribution in [0.25, 0.3) is 5.57 Å². The van der Waals surface area contributed by atoms with Gasteiger partial charge in [-0.3, -0.25) is 15.0 Å². The maximum Gasteiger partial charge on any atom is 0.153 e. The van der Waals surface area contributed by atoms with Crippen LogP contribution in [0.5, 0.6) is 5.75 Å². The summed E-state index contributed by atoms with van der Waals surface area (Å²) in [6.07, 6.45) is 3.55. The molecule has 3 rings (SSSR count). The van der Waals surface area contributed by atoms with E-state index in [0.29, 0.717) is 17.1 Å². The van der Waals surface area contributed by atoms with Crippen LogP contribution in [-0.2, 0) is 11.0 Å². The van der Waals surface area contributed by atoms with Crippen LogP contribution < -0.4 is 14.5 Å². The van der Waals surface area contributed by atoms with Gasteiger partial charge in [-0.05, 0) is 48.2 Å². The van der Waals surface area contributed by atoms with Gasteiger partial charge in [-0.25, -0.2) is 4.21 Å². The van der Waals surface area contributed by atoms with Crippen LogP contribution >= 0.6 is 11.3 Å². The molecule has 2 N–H and O–H groups in total. The first-order valence-corrected chi connectivity index (χ1v) is 11.0. The van der Waals surface area contributed by atoms with E-state index in [4.69, 9.17) is 4.74 Å². The maximum absolute atomic E-state index is 13.2. The minimum atomic E-state index is -1.37. The van der Waals surface area contributed by atoms with Crippen molar-refractivity contribution >= 4 is 33.6 Å². The Hall–Kier alpha value is -2.35. The van der Waals surface area contributed by atoms with Crippen molar-refractivity contribution in [1.82, 2.24) is 5.48 Å². The number of nitrogens with one attached hydrogen (secondary N) is 1. The van der Waals surface area contributed by atoms with Crippen molar-refractivity contribution in [2.45, 2.75) is 25.7 Å². The molecule has 0 aliphatic carbocycles. The van der Waals surface area contributed by atoms with Crippen LogP contribution in [0.1, 0.15) is 25.6 Å². The first-order valence-electron chi connectivity index (χ1n) is 8.98. The minimum Gasteiger partial charge on any atom is -0.497 e. The van der Waals surface area contributed by atoms with Gasteiger partial charge in [0.05, 0.1) is 34.8 Å². The number of hydrogen-bond acceptors (Lipinski definition) is 5. The molecule has 1 aliphatic rings. The van der Waals surface area contributed by atoms with Crippen molar-refractivity contribution in [3.8, 4) is 5.75 Å². The number of hydroxylamine groups is 1. The molecule has 1 atom stereocenters. The van der Waals surface area contributed by atoms with E-state index >= 15 is 0 Å². The zero-order valence-corrected chi connectivity index (χ0v) is 18.2. The van der Waals surface area contributed by atoms with Crippen LogP contribution in [0, 0.1) is 0 Å². The number of methoxy groups -OCH3 is 1. The zero-order chi connectivity index (χ0) is 20.7. The van der Waals surface area contributed by atoms with Gasteiger partial charge in [-0.2, -0.15) is 0 Å². The van der Waals surface area contributed by atoms with Gasteiger partial charge in [0.25, 0.3) is 0 Å². The molecule has 0 amide bonds. The lowest BCUT2D eigenvalue weighted by molar-refractivity contribution is 0.206. The van der Waals surface area contributed by atoms with E-state index in [1.165, 1.54) is 0 Å². The Morgan fingerprint density at radius 2 is 2.00 bits per heavy atom. The van der Waals surface area contributed by atoms with Crippen molar-refractivity contribution in [3.63, 3.8) is 0 Å². The summed E-state index contributed by atoms with van der Waals surface area (Å²) in [6.45, 7) is 10.2. The van der Waals surface area contributed by atoms with E-state index in [2.05, 4.69) is 12.1 Å². The van der Waals surface area contributed by atoms with Crippen molar-refractivity contribution < 1.29 is 14.2 Å². The first-order chi connectivity index (χ1) is 13.6. The molecular weight excluding hydrogens is 392 g/mol. The van der Waals surface area contributed by atoms with E-state index in [1.807, 2.05) is 36.5 Å². The van der Waals surface area contributed by atoms with E-state index in [9.17, 15) is 9.42 Å². The molecule has 2 heterocycles. The molecule has 0 saturated heterocycles. The fourth-order valence-electron chi connectivity index (χ4n) is 2.84. The van der Waals surface area contributed by atoms with Crippen LogP contribution in [0.4, 0.5) is 5.69 Å². The quantitative estimate of drug-likeness (QED) is 0.637. The lowest BCUT2D eigenvalue weighted by atomic mass is 9.99. The second-order valence-corrected chi connectivity index (χ2v) is 7.84. The number of rotatable bonds is 6. The van der Waals surface area contributed by atoms with Crippen molar-refractivity contribution in [2.75, 3.05) is 18.0 Å². The Morgan fingerprint density at radius 3 is 2.54 bits per heavy atom. The van der Waals surface area contributed by atoms with Gasteiger partial charge in [-0.15, -0.1) is 11.3 Å². The number of hydrogen-bond donors (Lipinski definition) is 2. The average Bonchev–Trinajstić information content (AvgIpc) is 3.25. The third kappa shape index (κ3) is 4.22. The van der Waals surface area contributed by atoms with Gasteiger partial charge in [-0.1, -0.05) is 32.6 Å². The minimum absolute atomic E-state index is 0.431. The summed E-state index contributed by atoms with van der Waals surface area (Å²) in [7, 11) is 0.228. The summed E-state index contributed by atoms with van der Waals surface area (Å²) in [4.78, 5) is 1.64. The zero-order valence-electron chi connectivity index (χ0n) is 16.6. The van der Waals surface area contributed by atoms with Crippen LogP contribution in [-0.4, -0.2) is 23.1 Å². The van der Waals surface area contributed by atoms with Crippen LogP contribution in [0.3, 0.4) is 0 Å². The molecule has 5 nitrogen and oxygen atoms in total. The summed E-state index contributed by atoms with van der Waals surface area (Å²) in [5.41, 5.74) is 5.53. The predicted octanol–water partition coefficient (Wildman–Crippen LogP) is 5.15. The number of allylic oxidation sites excluding steroid dienone is 2. The highest BCUT2D eigenvalue weighted by atomic mass is 32.2. The highest BCUT2D eigenvalue weighted by molar-refractivity contribution is 7.86. The first kappa shape index (κ1) is 21.9. The molecule has 0 fully saturated rings. The second-order valence-electron chi connectivity index (χ2n) is 5.51. The predicted molar refractivity (Wildman–Crippen MR) is 118 cm³/mol. The lowest BCUT2D eigenvalue weighted by Gasteiger charge is -2.31. The number of benzene rings is 1. The molecule has 1 aromatic heterocycles. The fourth-order valence-corrected chi connectivity index (χ4v) is 5.10. The third-order valence-corrected chi connectivity index (χ3v) is 6.48. The molecule has 28 heavy (non-hydrogen) atoms. The Labute approximate surface area is 173 Å². The highest BCUT2D eigenvalue weighted by Crippen LogP contribution is 2.43. The second kappa shape index (κ2) is 10.3. The monoisotopic (exact) mass is 418 g/mol. The van der Waals surface area contributed by atoms with Gasteiger partial charge < -0.3 is 4.74 Å². The smallest absolute Gasteiger partial charge is 0.153 e. The molecule has 0 radical (unpaired) electrons. The molecule has 7 heteroatoms. The van der Waals surface area contributed by atoms with Gasteiger partial charge in [0.15, 0.2) is 11.0 Å². The Morgan fingerprint density at radius 1 is 1.32 bits per heavy atom. The van der Waals surface area contributed by atoms with E-state index in [-0.39, 0.29) is 0 Å². The summed E-state index contributed by atoms with van der Waals surface area (Å²) in [6, 6.07) is 9.16. The standard InChI is InChI=1S/C19H20N2O3S2.C2H6/c1-4-13-12-21(26(23)15-8-6-14(24-3)7-9-15)17-10-11-25-19(17)18(13)16(5-2)20-22;1-2/h4-11,20,22H,1,12H2,2-3H3;1-2H3/b16-5+;.